The summed E-state index contributed by atoms with van der Waals surface area (Å²) in [6.45, 7) is 0.983. The lowest BCUT2D eigenvalue weighted by Crippen LogP contribution is -1.96. The maximum Gasteiger partial charge on any atom is 0.168 e. The minimum Gasteiger partial charge on any atom is -0.384 e. The van der Waals surface area contributed by atoms with Crippen LogP contribution in [0, 0.1) is 0 Å². The SMILES string of the molecule is O=Cc1ccc2ncn(-c3ccc4c(c3)CCN4)c2n1. The predicted molar refractivity (Wildman–Crippen MR) is 76.4 cm³/mol. The van der Waals surface area contributed by atoms with Gasteiger partial charge >= 0.3 is 0 Å². The summed E-state index contributed by atoms with van der Waals surface area (Å²) in [6.07, 6.45) is 3.53. The van der Waals surface area contributed by atoms with E-state index in [4.69, 9.17) is 0 Å². The summed E-state index contributed by atoms with van der Waals surface area (Å²) in [6, 6.07) is 9.75. The van der Waals surface area contributed by atoms with Crippen LogP contribution in [0.4, 0.5) is 5.69 Å². The zero-order chi connectivity index (χ0) is 13.5. The van der Waals surface area contributed by atoms with Gasteiger partial charge in [0.15, 0.2) is 11.9 Å². The second-order valence-corrected chi connectivity index (χ2v) is 4.83. The van der Waals surface area contributed by atoms with Gasteiger partial charge in [-0.15, -0.1) is 0 Å². The smallest absolute Gasteiger partial charge is 0.168 e. The molecule has 0 saturated heterocycles. The van der Waals surface area contributed by atoms with Gasteiger partial charge in [0.05, 0.1) is 0 Å². The Morgan fingerprint density at radius 2 is 2.20 bits per heavy atom. The number of rotatable bonds is 2. The van der Waals surface area contributed by atoms with Crippen molar-refractivity contribution in [3.63, 3.8) is 0 Å². The Labute approximate surface area is 115 Å². The molecule has 0 spiro atoms. The van der Waals surface area contributed by atoms with E-state index in [1.54, 1.807) is 12.4 Å². The summed E-state index contributed by atoms with van der Waals surface area (Å²) < 4.78 is 1.92. The first-order valence-electron chi connectivity index (χ1n) is 6.51. The normalized spacial score (nSPS) is 13.2. The van der Waals surface area contributed by atoms with Crippen molar-refractivity contribution in [1.82, 2.24) is 14.5 Å². The van der Waals surface area contributed by atoms with Crippen LogP contribution in [0.2, 0.25) is 0 Å². The Hall–Kier alpha value is -2.69. The number of aldehydes is 1. The summed E-state index contributed by atoms with van der Waals surface area (Å²) in [5.74, 6) is 0. The van der Waals surface area contributed by atoms with E-state index < -0.39 is 0 Å². The van der Waals surface area contributed by atoms with E-state index in [-0.39, 0.29) is 0 Å². The Bertz CT molecular complexity index is 822. The number of nitrogens with zero attached hydrogens (tertiary/aromatic N) is 3. The Morgan fingerprint density at radius 3 is 3.10 bits per heavy atom. The third-order valence-electron chi connectivity index (χ3n) is 3.61. The number of hydrogen-bond donors (Lipinski definition) is 1. The second-order valence-electron chi connectivity index (χ2n) is 4.83. The van der Waals surface area contributed by atoms with Crippen molar-refractivity contribution in [1.29, 1.82) is 0 Å². The van der Waals surface area contributed by atoms with E-state index in [1.807, 2.05) is 16.7 Å². The van der Waals surface area contributed by atoms with Gasteiger partial charge in [0.25, 0.3) is 0 Å². The molecule has 2 aromatic heterocycles. The molecule has 0 fully saturated rings. The van der Waals surface area contributed by atoms with Gasteiger partial charge in [0, 0.05) is 17.9 Å². The molecule has 0 atom stereocenters. The predicted octanol–water partition coefficient (Wildman–Crippen LogP) is 2.20. The number of pyridine rings is 1. The lowest BCUT2D eigenvalue weighted by atomic mass is 10.1. The van der Waals surface area contributed by atoms with Gasteiger partial charge in [-0.1, -0.05) is 0 Å². The van der Waals surface area contributed by atoms with Crippen LogP contribution in [0.25, 0.3) is 16.9 Å². The van der Waals surface area contributed by atoms with Crippen LogP contribution < -0.4 is 5.32 Å². The third-order valence-corrected chi connectivity index (χ3v) is 3.61. The van der Waals surface area contributed by atoms with E-state index in [2.05, 4.69) is 27.4 Å². The number of carbonyl (C=O) groups is 1. The largest absolute Gasteiger partial charge is 0.384 e. The van der Waals surface area contributed by atoms with E-state index in [1.165, 1.54) is 11.3 Å². The van der Waals surface area contributed by atoms with Crippen LogP contribution in [-0.2, 0) is 6.42 Å². The van der Waals surface area contributed by atoms with Crippen molar-refractivity contribution < 1.29 is 4.79 Å². The zero-order valence-corrected chi connectivity index (χ0v) is 10.7. The van der Waals surface area contributed by atoms with Crippen LogP contribution >= 0.6 is 0 Å². The Kier molecular flexibility index (Phi) is 2.32. The van der Waals surface area contributed by atoms with Gasteiger partial charge < -0.3 is 5.32 Å². The lowest BCUT2D eigenvalue weighted by Gasteiger charge is -2.06. The van der Waals surface area contributed by atoms with Crippen molar-refractivity contribution in [3.8, 4) is 5.69 Å². The molecule has 5 heteroatoms. The maximum absolute atomic E-state index is 10.9. The highest BCUT2D eigenvalue weighted by atomic mass is 16.1. The molecule has 98 valence electrons. The number of hydrogen-bond acceptors (Lipinski definition) is 4. The molecule has 0 amide bonds. The molecule has 5 nitrogen and oxygen atoms in total. The average molecular weight is 264 g/mol. The Balaban J connectivity index is 1.91. The van der Waals surface area contributed by atoms with E-state index in [0.29, 0.717) is 11.3 Å². The molecule has 3 aromatic rings. The minimum absolute atomic E-state index is 0.419. The fourth-order valence-corrected chi connectivity index (χ4v) is 2.60. The van der Waals surface area contributed by atoms with Crippen LogP contribution in [0.5, 0.6) is 0 Å². The van der Waals surface area contributed by atoms with Gasteiger partial charge in [0.2, 0.25) is 0 Å². The molecular weight excluding hydrogens is 252 g/mol. The lowest BCUT2D eigenvalue weighted by molar-refractivity contribution is 0.111. The van der Waals surface area contributed by atoms with Gasteiger partial charge in [-0.3, -0.25) is 9.36 Å². The first-order valence-corrected chi connectivity index (χ1v) is 6.51. The van der Waals surface area contributed by atoms with Crippen molar-refractivity contribution in [2.75, 3.05) is 11.9 Å². The molecule has 4 rings (SSSR count). The summed E-state index contributed by atoms with van der Waals surface area (Å²) >= 11 is 0. The van der Waals surface area contributed by atoms with Gasteiger partial charge in [0.1, 0.15) is 17.5 Å². The van der Waals surface area contributed by atoms with Crippen molar-refractivity contribution in [2.45, 2.75) is 6.42 Å². The van der Waals surface area contributed by atoms with Crippen LogP contribution in [0.1, 0.15) is 16.1 Å². The summed E-state index contributed by atoms with van der Waals surface area (Å²) in [4.78, 5) is 19.5. The standard InChI is InChI=1S/C15H12N4O/c20-8-11-1-3-14-15(18-11)19(9-17-14)12-2-4-13-10(7-12)5-6-16-13/h1-4,7-9,16H,5-6H2. The van der Waals surface area contributed by atoms with Crippen LogP contribution in [0.3, 0.4) is 0 Å². The van der Waals surface area contributed by atoms with Crippen LogP contribution in [0.15, 0.2) is 36.7 Å². The first kappa shape index (κ1) is 11.2. The Morgan fingerprint density at radius 1 is 1.25 bits per heavy atom. The monoisotopic (exact) mass is 264 g/mol. The van der Waals surface area contributed by atoms with E-state index >= 15 is 0 Å². The fraction of sp³-hybridized carbons (Fsp3) is 0.133. The molecule has 1 aromatic carbocycles. The maximum atomic E-state index is 10.9. The quantitative estimate of drug-likeness (QED) is 0.721. The first-order chi connectivity index (χ1) is 9.85. The second kappa shape index (κ2) is 4.16. The van der Waals surface area contributed by atoms with Crippen LogP contribution in [-0.4, -0.2) is 27.4 Å². The van der Waals surface area contributed by atoms with Gasteiger partial charge in [-0.05, 0) is 42.3 Å². The highest BCUT2D eigenvalue weighted by molar-refractivity contribution is 5.80. The highest BCUT2D eigenvalue weighted by Crippen LogP contribution is 2.26. The number of aromatic nitrogens is 3. The van der Waals surface area contributed by atoms with Crippen molar-refractivity contribution >= 4 is 23.1 Å². The molecule has 0 radical (unpaired) electrons. The molecule has 0 saturated carbocycles. The molecular formula is C15H12N4O. The molecule has 0 bridgehead atoms. The molecule has 1 aliphatic heterocycles. The summed E-state index contributed by atoms with van der Waals surface area (Å²) in [5, 5.41) is 3.34. The topological polar surface area (TPSA) is 59.8 Å². The summed E-state index contributed by atoms with van der Waals surface area (Å²) in [5.41, 5.74) is 5.43. The molecule has 0 unspecified atom stereocenters. The molecule has 1 N–H and O–H groups in total. The molecule has 20 heavy (non-hydrogen) atoms. The van der Waals surface area contributed by atoms with E-state index in [0.717, 1.165) is 30.5 Å². The van der Waals surface area contributed by atoms with Gasteiger partial charge in [-0.2, -0.15) is 0 Å². The zero-order valence-electron chi connectivity index (χ0n) is 10.7. The third kappa shape index (κ3) is 1.60. The summed E-state index contributed by atoms with van der Waals surface area (Å²) in [7, 11) is 0. The van der Waals surface area contributed by atoms with Gasteiger partial charge in [-0.25, -0.2) is 9.97 Å². The minimum atomic E-state index is 0.419. The average Bonchev–Trinajstić information content (AvgIpc) is 3.11. The number of benzene rings is 1. The molecule has 3 heterocycles. The number of anilines is 1. The van der Waals surface area contributed by atoms with Crippen molar-refractivity contribution in [3.05, 3.63) is 47.9 Å². The van der Waals surface area contributed by atoms with E-state index in [9.17, 15) is 4.79 Å². The number of imidazole rings is 1. The molecule has 0 aliphatic carbocycles. The molecule has 1 aliphatic rings. The number of carbonyl (C=O) groups excluding carboxylic acids is 1. The van der Waals surface area contributed by atoms with Crippen molar-refractivity contribution in [2.24, 2.45) is 0 Å². The fourth-order valence-electron chi connectivity index (χ4n) is 2.60. The highest BCUT2D eigenvalue weighted by Gasteiger charge is 2.12. The number of nitrogens with one attached hydrogen (secondary N) is 1. The number of fused-ring (bicyclic) bond motifs is 2.